The Labute approximate surface area is 147 Å². The first kappa shape index (κ1) is 15.6. The highest BCUT2D eigenvalue weighted by Crippen LogP contribution is 2.28. The summed E-state index contributed by atoms with van der Waals surface area (Å²) < 4.78 is 2.24. The summed E-state index contributed by atoms with van der Waals surface area (Å²) in [5.74, 6) is 0. The molecule has 0 saturated carbocycles. The molecule has 24 heavy (non-hydrogen) atoms. The van der Waals surface area contributed by atoms with Crippen molar-refractivity contribution in [2.45, 2.75) is 13.5 Å². The zero-order valence-corrected chi connectivity index (χ0v) is 14.6. The second kappa shape index (κ2) is 6.55. The quantitative estimate of drug-likeness (QED) is 0.793. The molecule has 0 amide bonds. The van der Waals surface area contributed by atoms with Gasteiger partial charge in [0.15, 0.2) is 0 Å². The number of halogens is 1. The molecule has 124 valence electrons. The van der Waals surface area contributed by atoms with Crippen LogP contribution in [0.25, 0.3) is 16.9 Å². The van der Waals surface area contributed by atoms with Gasteiger partial charge in [0.05, 0.1) is 11.4 Å². The van der Waals surface area contributed by atoms with Crippen molar-refractivity contribution < 1.29 is 0 Å². The van der Waals surface area contributed by atoms with Crippen LogP contribution in [0.3, 0.4) is 0 Å². The van der Waals surface area contributed by atoms with Gasteiger partial charge in [-0.15, -0.1) is 0 Å². The second-order valence-electron chi connectivity index (χ2n) is 6.32. The van der Waals surface area contributed by atoms with E-state index in [9.17, 15) is 0 Å². The number of benzene rings is 1. The number of hydrogen-bond donors (Lipinski definition) is 1. The Morgan fingerprint density at radius 3 is 2.62 bits per heavy atom. The Bertz CT molecular complexity index is 848. The van der Waals surface area contributed by atoms with E-state index in [4.69, 9.17) is 16.6 Å². The molecule has 1 aliphatic rings. The van der Waals surface area contributed by atoms with Gasteiger partial charge in [-0.25, -0.2) is 4.98 Å². The Morgan fingerprint density at radius 2 is 1.88 bits per heavy atom. The van der Waals surface area contributed by atoms with Gasteiger partial charge in [0, 0.05) is 49.5 Å². The molecule has 4 nitrogen and oxygen atoms in total. The van der Waals surface area contributed by atoms with Crippen LogP contribution in [0.4, 0.5) is 0 Å². The van der Waals surface area contributed by atoms with Crippen molar-refractivity contribution in [2.75, 3.05) is 26.2 Å². The predicted molar refractivity (Wildman–Crippen MR) is 98.5 cm³/mol. The third kappa shape index (κ3) is 2.93. The van der Waals surface area contributed by atoms with Crippen LogP contribution in [0.5, 0.6) is 0 Å². The van der Waals surface area contributed by atoms with E-state index in [1.54, 1.807) is 0 Å². The van der Waals surface area contributed by atoms with Gasteiger partial charge < -0.3 is 9.72 Å². The van der Waals surface area contributed by atoms with Gasteiger partial charge >= 0.3 is 0 Å². The Hall–Kier alpha value is -1.88. The minimum atomic E-state index is 0.752. The molecule has 0 aliphatic carbocycles. The average molecular weight is 341 g/mol. The zero-order chi connectivity index (χ0) is 16.5. The molecular formula is C19H21ClN4. The third-order valence-electron chi connectivity index (χ3n) is 4.64. The van der Waals surface area contributed by atoms with Gasteiger partial charge in [-0.05, 0) is 30.7 Å². The van der Waals surface area contributed by atoms with E-state index in [0.29, 0.717) is 0 Å². The minimum absolute atomic E-state index is 0.752. The van der Waals surface area contributed by atoms with Crippen molar-refractivity contribution in [3.05, 3.63) is 58.9 Å². The Balaban J connectivity index is 1.83. The van der Waals surface area contributed by atoms with Crippen LogP contribution in [-0.4, -0.2) is 40.5 Å². The monoisotopic (exact) mass is 340 g/mol. The highest BCUT2D eigenvalue weighted by atomic mass is 35.5. The molecule has 0 spiro atoms. The second-order valence-corrected chi connectivity index (χ2v) is 6.76. The number of piperazine rings is 1. The predicted octanol–water partition coefficient (Wildman–Crippen LogP) is 3.37. The van der Waals surface area contributed by atoms with Gasteiger partial charge in [0.1, 0.15) is 5.65 Å². The van der Waals surface area contributed by atoms with Crippen molar-refractivity contribution in [1.82, 2.24) is 19.6 Å². The summed E-state index contributed by atoms with van der Waals surface area (Å²) in [5, 5.41) is 4.17. The maximum absolute atomic E-state index is 6.06. The third-order valence-corrected chi connectivity index (χ3v) is 4.90. The lowest BCUT2D eigenvalue weighted by molar-refractivity contribution is 0.230. The van der Waals surface area contributed by atoms with Crippen LogP contribution in [-0.2, 0) is 6.54 Å². The van der Waals surface area contributed by atoms with E-state index < -0.39 is 0 Å². The first-order valence-electron chi connectivity index (χ1n) is 8.38. The van der Waals surface area contributed by atoms with E-state index >= 15 is 0 Å². The van der Waals surface area contributed by atoms with Crippen LogP contribution >= 0.6 is 11.6 Å². The SMILES string of the molecule is Cc1cccn2c(CN3CCNCC3)c(-c3ccc(Cl)cc3)nc12. The molecule has 2 aromatic heterocycles. The van der Waals surface area contributed by atoms with Crippen molar-refractivity contribution >= 4 is 17.2 Å². The van der Waals surface area contributed by atoms with E-state index in [-0.39, 0.29) is 0 Å². The van der Waals surface area contributed by atoms with Crippen LogP contribution in [0.15, 0.2) is 42.6 Å². The lowest BCUT2D eigenvalue weighted by atomic mass is 10.1. The fourth-order valence-electron chi connectivity index (χ4n) is 3.32. The largest absolute Gasteiger partial charge is 0.314 e. The highest BCUT2D eigenvalue weighted by Gasteiger charge is 2.19. The number of rotatable bonds is 3. The summed E-state index contributed by atoms with van der Waals surface area (Å²) in [6.07, 6.45) is 2.12. The molecule has 0 radical (unpaired) electrons. The normalized spacial score (nSPS) is 15.9. The number of aryl methyl sites for hydroxylation is 1. The number of pyridine rings is 1. The summed E-state index contributed by atoms with van der Waals surface area (Å²) in [4.78, 5) is 7.44. The van der Waals surface area contributed by atoms with Crippen LogP contribution in [0.1, 0.15) is 11.3 Å². The van der Waals surface area contributed by atoms with Gasteiger partial charge in [-0.2, -0.15) is 0 Å². The number of imidazole rings is 1. The maximum atomic E-state index is 6.06. The van der Waals surface area contributed by atoms with E-state index in [1.165, 1.54) is 11.3 Å². The molecule has 3 aromatic rings. The molecule has 1 aromatic carbocycles. The molecule has 1 N–H and O–H groups in total. The Kier molecular flexibility index (Phi) is 4.27. The summed E-state index contributed by atoms with van der Waals surface area (Å²) >= 11 is 6.06. The van der Waals surface area contributed by atoms with Crippen LogP contribution in [0, 0.1) is 6.92 Å². The molecule has 3 heterocycles. The maximum Gasteiger partial charge on any atom is 0.140 e. The number of fused-ring (bicyclic) bond motifs is 1. The number of nitrogens with zero attached hydrogens (tertiary/aromatic N) is 3. The summed E-state index contributed by atoms with van der Waals surface area (Å²) in [6.45, 7) is 7.25. The van der Waals surface area contributed by atoms with Gasteiger partial charge in [0.25, 0.3) is 0 Å². The smallest absolute Gasteiger partial charge is 0.140 e. The summed E-state index contributed by atoms with van der Waals surface area (Å²) in [6, 6.07) is 12.2. The number of aromatic nitrogens is 2. The lowest BCUT2D eigenvalue weighted by Gasteiger charge is -2.27. The molecule has 0 bridgehead atoms. The van der Waals surface area contributed by atoms with E-state index in [0.717, 1.165) is 54.7 Å². The molecule has 0 atom stereocenters. The van der Waals surface area contributed by atoms with Crippen molar-refractivity contribution in [2.24, 2.45) is 0 Å². The molecule has 0 unspecified atom stereocenters. The standard InChI is InChI=1S/C19H21ClN4/c1-14-3-2-10-24-17(13-23-11-8-21-9-12-23)18(22-19(14)24)15-4-6-16(20)7-5-15/h2-7,10,21H,8-9,11-13H2,1H3. The highest BCUT2D eigenvalue weighted by molar-refractivity contribution is 6.30. The van der Waals surface area contributed by atoms with Crippen molar-refractivity contribution in [1.29, 1.82) is 0 Å². The molecular weight excluding hydrogens is 320 g/mol. The molecule has 1 fully saturated rings. The fourth-order valence-corrected chi connectivity index (χ4v) is 3.45. The van der Waals surface area contributed by atoms with Gasteiger partial charge in [-0.1, -0.05) is 29.8 Å². The summed E-state index contributed by atoms with van der Waals surface area (Å²) in [5.41, 5.74) is 5.65. The van der Waals surface area contributed by atoms with Gasteiger partial charge in [0.2, 0.25) is 0 Å². The number of hydrogen-bond acceptors (Lipinski definition) is 3. The molecule has 1 aliphatic heterocycles. The molecule has 1 saturated heterocycles. The molecule has 4 rings (SSSR count). The van der Waals surface area contributed by atoms with Crippen LogP contribution < -0.4 is 5.32 Å². The van der Waals surface area contributed by atoms with Crippen molar-refractivity contribution in [3.8, 4) is 11.3 Å². The topological polar surface area (TPSA) is 32.6 Å². The summed E-state index contributed by atoms with van der Waals surface area (Å²) in [7, 11) is 0. The first-order chi connectivity index (χ1) is 11.7. The van der Waals surface area contributed by atoms with Crippen molar-refractivity contribution in [3.63, 3.8) is 0 Å². The average Bonchev–Trinajstić information content (AvgIpc) is 2.97. The van der Waals surface area contributed by atoms with Gasteiger partial charge in [-0.3, -0.25) is 4.90 Å². The minimum Gasteiger partial charge on any atom is -0.314 e. The fraction of sp³-hybridized carbons (Fsp3) is 0.316. The number of nitrogens with one attached hydrogen (secondary N) is 1. The van der Waals surface area contributed by atoms with E-state index in [2.05, 4.69) is 52.0 Å². The first-order valence-corrected chi connectivity index (χ1v) is 8.76. The zero-order valence-electron chi connectivity index (χ0n) is 13.8. The van der Waals surface area contributed by atoms with E-state index in [1.807, 2.05) is 12.1 Å². The molecule has 5 heteroatoms. The lowest BCUT2D eigenvalue weighted by Crippen LogP contribution is -2.43. The Morgan fingerprint density at radius 1 is 1.12 bits per heavy atom. The van der Waals surface area contributed by atoms with Crippen LogP contribution in [0.2, 0.25) is 5.02 Å².